The molecule has 136 valence electrons. The van der Waals surface area contributed by atoms with E-state index < -0.39 is 0 Å². The summed E-state index contributed by atoms with van der Waals surface area (Å²) in [6.45, 7) is 7.17. The zero-order chi connectivity index (χ0) is 17.9. The molecule has 6 heteroatoms. The topological polar surface area (TPSA) is 50.6 Å². The number of esters is 1. The van der Waals surface area contributed by atoms with E-state index in [0.29, 0.717) is 18.7 Å². The van der Waals surface area contributed by atoms with Crippen molar-refractivity contribution in [2.24, 2.45) is 0 Å². The number of rotatable bonds is 5. The van der Waals surface area contributed by atoms with Crippen LogP contribution in [0.25, 0.3) is 0 Å². The second kappa shape index (κ2) is 7.23. The molecule has 0 atom stereocenters. The molecule has 0 amide bonds. The van der Waals surface area contributed by atoms with E-state index in [1.165, 1.54) is 24.4 Å². The van der Waals surface area contributed by atoms with Gasteiger partial charge in [-0.15, -0.1) is 0 Å². The lowest BCUT2D eigenvalue weighted by Crippen LogP contribution is -2.43. The van der Waals surface area contributed by atoms with Crippen molar-refractivity contribution in [3.05, 3.63) is 59.6 Å². The maximum atomic E-state index is 11.7. The molecule has 0 bridgehead atoms. The lowest BCUT2D eigenvalue weighted by atomic mass is 10.1. The van der Waals surface area contributed by atoms with Crippen molar-refractivity contribution in [3.63, 3.8) is 0 Å². The SMILES string of the molecule is CCOC(=O)c1cnn(Cc2ccc(N3CCN4CCC=C4C3)cc2)c1. The molecule has 1 aromatic heterocycles. The van der Waals surface area contributed by atoms with E-state index in [1.54, 1.807) is 24.0 Å². The zero-order valence-corrected chi connectivity index (χ0v) is 15.1. The molecule has 0 spiro atoms. The van der Waals surface area contributed by atoms with Gasteiger partial charge in [0, 0.05) is 37.2 Å². The van der Waals surface area contributed by atoms with Crippen LogP contribution in [-0.4, -0.2) is 53.4 Å². The highest BCUT2D eigenvalue weighted by atomic mass is 16.5. The molecule has 1 fully saturated rings. The van der Waals surface area contributed by atoms with Gasteiger partial charge in [-0.2, -0.15) is 5.10 Å². The van der Waals surface area contributed by atoms with E-state index in [1.807, 2.05) is 0 Å². The van der Waals surface area contributed by atoms with E-state index in [2.05, 4.69) is 45.2 Å². The Morgan fingerprint density at radius 2 is 1.96 bits per heavy atom. The lowest BCUT2D eigenvalue weighted by molar-refractivity contribution is 0.0526. The van der Waals surface area contributed by atoms with Crippen LogP contribution in [0.5, 0.6) is 0 Å². The number of fused-ring (bicyclic) bond motifs is 1. The molecule has 1 aromatic carbocycles. The maximum absolute atomic E-state index is 11.7. The Labute approximate surface area is 153 Å². The highest BCUT2D eigenvalue weighted by Crippen LogP contribution is 2.25. The summed E-state index contributed by atoms with van der Waals surface area (Å²) in [4.78, 5) is 16.6. The quantitative estimate of drug-likeness (QED) is 0.774. The zero-order valence-electron chi connectivity index (χ0n) is 15.1. The minimum Gasteiger partial charge on any atom is -0.462 e. The number of benzene rings is 1. The Bertz CT molecular complexity index is 809. The number of nitrogens with zero attached hydrogens (tertiary/aromatic N) is 4. The van der Waals surface area contributed by atoms with Crippen molar-refractivity contribution in [2.45, 2.75) is 19.9 Å². The van der Waals surface area contributed by atoms with Crippen LogP contribution in [0, 0.1) is 0 Å². The first-order valence-corrected chi connectivity index (χ1v) is 9.20. The van der Waals surface area contributed by atoms with Crippen LogP contribution < -0.4 is 4.90 Å². The first-order chi connectivity index (χ1) is 12.7. The highest BCUT2D eigenvalue weighted by Gasteiger charge is 2.23. The molecular formula is C20H24N4O2. The predicted molar refractivity (Wildman–Crippen MR) is 100 cm³/mol. The number of hydrogen-bond donors (Lipinski definition) is 0. The molecule has 0 radical (unpaired) electrons. The first-order valence-electron chi connectivity index (χ1n) is 9.20. The number of carbonyl (C=O) groups is 1. The van der Waals surface area contributed by atoms with Crippen LogP contribution in [0.4, 0.5) is 5.69 Å². The van der Waals surface area contributed by atoms with Crippen LogP contribution in [0.1, 0.15) is 29.3 Å². The molecule has 1 saturated heterocycles. The molecule has 4 rings (SSSR count). The third kappa shape index (κ3) is 3.45. The summed E-state index contributed by atoms with van der Waals surface area (Å²) >= 11 is 0. The Morgan fingerprint density at radius 1 is 1.15 bits per heavy atom. The monoisotopic (exact) mass is 352 g/mol. The summed E-state index contributed by atoms with van der Waals surface area (Å²) < 4.78 is 6.77. The maximum Gasteiger partial charge on any atom is 0.341 e. The molecule has 0 unspecified atom stereocenters. The van der Waals surface area contributed by atoms with Crippen molar-refractivity contribution in [2.75, 3.05) is 37.7 Å². The Hall–Kier alpha value is -2.76. The summed E-state index contributed by atoms with van der Waals surface area (Å²) in [6, 6.07) is 8.62. The second-order valence-electron chi connectivity index (χ2n) is 6.71. The number of aromatic nitrogens is 2. The average molecular weight is 352 g/mol. The van der Waals surface area contributed by atoms with Gasteiger partial charge >= 0.3 is 5.97 Å². The fraction of sp³-hybridized carbons (Fsp3) is 0.400. The lowest BCUT2D eigenvalue weighted by Gasteiger charge is -2.37. The first kappa shape index (κ1) is 16.7. The number of hydrogen-bond acceptors (Lipinski definition) is 5. The third-order valence-electron chi connectivity index (χ3n) is 4.97. The summed E-state index contributed by atoms with van der Waals surface area (Å²) in [5.41, 5.74) is 4.37. The van der Waals surface area contributed by atoms with Gasteiger partial charge in [-0.1, -0.05) is 18.2 Å². The van der Waals surface area contributed by atoms with Crippen molar-refractivity contribution >= 4 is 11.7 Å². The Balaban J connectivity index is 1.39. The van der Waals surface area contributed by atoms with E-state index in [0.717, 1.165) is 25.2 Å². The van der Waals surface area contributed by atoms with Gasteiger partial charge in [0.05, 0.1) is 31.5 Å². The number of carbonyl (C=O) groups excluding carboxylic acids is 1. The van der Waals surface area contributed by atoms with Crippen LogP contribution in [0.3, 0.4) is 0 Å². The molecule has 0 saturated carbocycles. The smallest absolute Gasteiger partial charge is 0.341 e. The Kier molecular flexibility index (Phi) is 4.65. The number of piperazine rings is 1. The van der Waals surface area contributed by atoms with Crippen molar-refractivity contribution < 1.29 is 9.53 Å². The molecule has 0 aliphatic carbocycles. The van der Waals surface area contributed by atoms with Crippen LogP contribution in [0.15, 0.2) is 48.4 Å². The summed E-state index contributed by atoms with van der Waals surface area (Å²) in [7, 11) is 0. The van der Waals surface area contributed by atoms with Gasteiger partial charge in [0.15, 0.2) is 0 Å². The molecule has 3 heterocycles. The van der Waals surface area contributed by atoms with Crippen molar-refractivity contribution in [3.8, 4) is 0 Å². The molecular weight excluding hydrogens is 328 g/mol. The van der Waals surface area contributed by atoms with Crippen LogP contribution in [-0.2, 0) is 11.3 Å². The van der Waals surface area contributed by atoms with Gasteiger partial charge in [-0.25, -0.2) is 4.79 Å². The van der Waals surface area contributed by atoms with Crippen molar-refractivity contribution in [1.82, 2.24) is 14.7 Å². The van der Waals surface area contributed by atoms with E-state index in [-0.39, 0.29) is 5.97 Å². The molecule has 2 aliphatic heterocycles. The summed E-state index contributed by atoms with van der Waals surface area (Å²) in [5, 5.41) is 4.26. The van der Waals surface area contributed by atoms with Gasteiger partial charge in [0.2, 0.25) is 0 Å². The Morgan fingerprint density at radius 3 is 2.77 bits per heavy atom. The van der Waals surface area contributed by atoms with E-state index >= 15 is 0 Å². The molecule has 6 nitrogen and oxygen atoms in total. The largest absolute Gasteiger partial charge is 0.462 e. The number of anilines is 1. The number of ether oxygens (including phenoxy) is 1. The minimum absolute atomic E-state index is 0.325. The van der Waals surface area contributed by atoms with Gasteiger partial charge in [0.25, 0.3) is 0 Å². The van der Waals surface area contributed by atoms with Gasteiger partial charge in [0.1, 0.15) is 0 Å². The minimum atomic E-state index is -0.325. The second-order valence-corrected chi connectivity index (χ2v) is 6.71. The van der Waals surface area contributed by atoms with Gasteiger partial charge < -0.3 is 14.5 Å². The van der Waals surface area contributed by atoms with Crippen LogP contribution in [0.2, 0.25) is 0 Å². The molecule has 2 aliphatic rings. The van der Waals surface area contributed by atoms with Gasteiger partial charge in [-0.3, -0.25) is 4.68 Å². The fourth-order valence-corrected chi connectivity index (χ4v) is 3.59. The van der Waals surface area contributed by atoms with Crippen molar-refractivity contribution in [1.29, 1.82) is 0 Å². The highest BCUT2D eigenvalue weighted by molar-refractivity contribution is 5.88. The normalized spacial score (nSPS) is 16.4. The molecule has 26 heavy (non-hydrogen) atoms. The van der Waals surface area contributed by atoms with E-state index in [9.17, 15) is 4.79 Å². The molecule has 2 aromatic rings. The summed E-state index contributed by atoms with van der Waals surface area (Å²) in [6.07, 6.45) is 6.83. The van der Waals surface area contributed by atoms with Gasteiger partial charge in [-0.05, 0) is 31.0 Å². The average Bonchev–Trinajstić information content (AvgIpc) is 3.31. The van der Waals surface area contributed by atoms with E-state index in [4.69, 9.17) is 4.74 Å². The fourth-order valence-electron chi connectivity index (χ4n) is 3.59. The standard InChI is InChI=1S/C20H24N4O2/c1-2-26-20(25)17-12-21-24(14-17)13-16-5-7-18(8-6-16)23-11-10-22-9-3-4-19(22)15-23/h4-8,12,14H,2-3,9-11,13,15H2,1H3. The third-order valence-corrected chi connectivity index (χ3v) is 4.97. The predicted octanol–water partition coefficient (Wildman–Crippen LogP) is 2.52. The molecule has 0 N–H and O–H groups in total. The summed E-state index contributed by atoms with van der Waals surface area (Å²) in [5.74, 6) is -0.325. The van der Waals surface area contributed by atoms with Crippen LogP contribution >= 0.6 is 0 Å².